The lowest BCUT2D eigenvalue weighted by Crippen LogP contribution is -2.31. The van der Waals surface area contributed by atoms with Gasteiger partial charge in [-0.25, -0.2) is 0 Å². The number of esters is 1. The third-order valence-electron chi connectivity index (χ3n) is 2.92. The van der Waals surface area contributed by atoms with Gasteiger partial charge in [-0.3, -0.25) is 9.59 Å². The standard InChI is InChI=1S/C11H20O5/c1-3-11(4-2,7-12)8-16-10(15)6-5-9(13)14/h12H,3-8H2,1-2H3,(H,13,14). The van der Waals surface area contributed by atoms with Crippen LogP contribution in [0.25, 0.3) is 0 Å². The molecule has 0 saturated carbocycles. The minimum absolute atomic E-state index is 0.0355. The Morgan fingerprint density at radius 3 is 2.12 bits per heavy atom. The van der Waals surface area contributed by atoms with Crippen molar-refractivity contribution in [3.63, 3.8) is 0 Å². The van der Waals surface area contributed by atoms with Crippen molar-refractivity contribution in [3.05, 3.63) is 0 Å². The molecule has 0 aliphatic heterocycles. The van der Waals surface area contributed by atoms with Crippen LogP contribution < -0.4 is 0 Å². The molecular formula is C11H20O5. The molecule has 94 valence electrons. The van der Waals surface area contributed by atoms with Crippen LogP contribution in [0, 0.1) is 5.41 Å². The second-order valence-electron chi connectivity index (χ2n) is 3.92. The molecule has 5 nitrogen and oxygen atoms in total. The molecule has 0 amide bonds. The second-order valence-corrected chi connectivity index (χ2v) is 3.92. The number of aliphatic hydroxyl groups excluding tert-OH is 1. The van der Waals surface area contributed by atoms with Gasteiger partial charge in [0.1, 0.15) is 0 Å². The van der Waals surface area contributed by atoms with Crippen LogP contribution in [-0.4, -0.2) is 35.4 Å². The Balaban J connectivity index is 4.01. The third kappa shape index (κ3) is 5.11. The molecule has 0 atom stereocenters. The first-order valence-corrected chi connectivity index (χ1v) is 5.48. The molecule has 0 bridgehead atoms. The van der Waals surface area contributed by atoms with E-state index in [0.717, 1.165) is 0 Å². The highest BCUT2D eigenvalue weighted by molar-refractivity contribution is 5.76. The van der Waals surface area contributed by atoms with E-state index in [2.05, 4.69) is 0 Å². The Bertz CT molecular complexity index is 224. The number of carbonyl (C=O) groups is 2. The highest BCUT2D eigenvalue weighted by Crippen LogP contribution is 2.25. The molecule has 0 aliphatic carbocycles. The molecule has 2 N–H and O–H groups in total. The number of hydrogen-bond acceptors (Lipinski definition) is 4. The smallest absolute Gasteiger partial charge is 0.306 e. The summed E-state index contributed by atoms with van der Waals surface area (Å²) < 4.78 is 4.97. The average Bonchev–Trinajstić information content (AvgIpc) is 2.29. The molecule has 0 heterocycles. The maximum atomic E-state index is 11.2. The maximum absolute atomic E-state index is 11.2. The number of hydrogen-bond donors (Lipinski definition) is 2. The summed E-state index contributed by atoms with van der Waals surface area (Å²) in [4.78, 5) is 21.4. The monoisotopic (exact) mass is 232 g/mol. The van der Waals surface area contributed by atoms with Gasteiger partial charge >= 0.3 is 11.9 Å². The van der Waals surface area contributed by atoms with Crippen LogP contribution in [0.4, 0.5) is 0 Å². The van der Waals surface area contributed by atoms with E-state index in [9.17, 15) is 14.7 Å². The van der Waals surface area contributed by atoms with Crippen molar-refractivity contribution in [1.82, 2.24) is 0 Å². The van der Waals surface area contributed by atoms with Crippen LogP contribution in [0.15, 0.2) is 0 Å². The van der Waals surface area contributed by atoms with Gasteiger partial charge in [0.25, 0.3) is 0 Å². The fourth-order valence-electron chi connectivity index (χ4n) is 1.24. The first kappa shape index (κ1) is 14.9. The predicted octanol–water partition coefficient (Wildman–Crippen LogP) is 1.19. The van der Waals surface area contributed by atoms with E-state index in [1.165, 1.54) is 0 Å². The predicted molar refractivity (Wildman–Crippen MR) is 57.9 cm³/mol. The minimum Gasteiger partial charge on any atom is -0.481 e. The molecule has 0 spiro atoms. The van der Waals surface area contributed by atoms with E-state index in [0.29, 0.717) is 12.8 Å². The highest BCUT2D eigenvalue weighted by Gasteiger charge is 2.27. The van der Waals surface area contributed by atoms with Crippen LogP contribution in [0.2, 0.25) is 0 Å². The van der Waals surface area contributed by atoms with Crippen LogP contribution in [0.5, 0.6) is 0 Å². The molecule has 0 saturated heterocycles. The van der Waals surface area contributed by atoms with Gasteiger partial charge in [0.15, 0.2) is 0 Å². The van der Waals surface area contributed by atoms with Crippen molar-refractivity contribution in [2.24, 2.45) is 5.41 Å². The van der Waals surface area contributed by atoms with E-state index in [1.54, 1.807) is 0 Å². The van der Waals surface area contributed by atoms with Crippen molar-refractivity contribution in [3.8, 4) is 0 Å². The molecule has 0 unspecified atom stereocenters. The molecule has 0 rings (SSSR count). The zero-order valence-electron chi connectivity index (χ0n) is 9.86. The van der Waals surface area contributed by atoms with Gasteiger partial charge in [-0.15, -0.1) is 0 Å². The van der Waals surface area contributed by atoms with Crippen molar-refractivity contribution >= 4 is 11.9 Å². The molecule has 0 radical (unpaired) electrons. The van der Waals surface area contributed by atoms with Crippen LogP contribution in [-0.2, 0) is 14.3 Å². The lowest BCUT2D eigenvalue weighted by atomic mass is 9.84. The molecular weight excluding hydrogens is 212 g/mol. The van der Waals surface area contributed by atoms with Gasteiger partial charge in [-0.05, 0) is 12.8 Å². The molecule has 0 aliphatic rings. The van der Waals surface area contributed by atoms with Gasteiger partial charge < -0.3 is 14.9 Å². The molecule has 0 fully saturated rings. The van der Waals surface area contributed by atoms with Gasteiger partial charge in [0.05, 0.1) is 26.1 Å². The quantitative estimate of drug-likeness (QED) is 0.614. The summed E-state index contributed by atoms with van der Waals surface area (Å²) in [6.45, 7) is 3.96. The summed E-state index contributed by atoms with van der Waals surface area (Å²) in [5, 5.41) is 17.6. The molecule has 16 heavy (non-hydrogen) atoms. The zero-order valence-corrected chi connectivity index (χ0v) is 9.86. The number of carboxylic acid groups (broad SMARTS) is 1. The van der Waals surface area contributed by atoms with Gasteiger partial charge in [0, 0.05) is 5.41 Å². The fourth-order valence-corrected chi connectivity index (χ4v) is 1.24. The van der Waals surface area contributed by atoms with E-state index < -0.39 is 11.9 Å². The van der Waals surface area contributed by atoms with Crippen molar-refractivity contribution in [2.75, 3.05) is 13.2 Å². The first-order valence-electron chi connectivity index (χ1n) is 5.48. The largest absolute Gasteiger partial charge is 0.481 e. The third-order valence-corrected chi connectivity index (χ3v) is 2.92. The van der Waals surface area contributed by atoms with Crippen molar-refractivity contribution in [2.45, 2.75) is 39.5 Å². The SMILES string of the molecule is CCC(CC)(CO)COC(=O)CCC(=O)O. The Labute approximate surface area is 95.4 Å². The Morgan fingerprint density at radius 2 is 1.75 bits per heavy atom. The van der Waals surface area contributed by atoms with Gasteiger partial charge in [-0.1, -0.05) is 13.8 Å². The molecule has 5 heteroatoms. The second kappa shape index (κ2) is 7.22. The van der Waals surface area contributed by atoms with E-state index >= 15 is 0 Å². The van der Waals surface area contributed by atoms with Gasteiger partial charge in [-0.2, -0.15) is 0 Å². The number of ether oxygens (including phenoxy) is 1. The lowest BCUT2D eigenvalue weighted by Gasteiger charge is -2.28. The van der Waals surface area contributed by atoms with Crippen molar-refractivity contribution in [1.29, 1.82) is 0 Å². The molecule has 0 aromatic rings. The number of aliphatic hydroxyl groups is 1. The summed E-state index contributed by atoms with van der Waals surface area (Å²) in [7, 11) is 0. The summed E-state index contributed by atoms with van der Waals surface area (Å²) in [5.74, 6) is -1.54. The maximum Gasteiger partial charge on any atom is 0.306 e. The minimum atomic E-state index is -1.02. The van der Waals surface area contributed by atoms with Crippen LogP contribution >= 0.6 is 0 Å². The number of aliphatic carboxylic acids is 1. The zero-order chi connectivity index (χ0) is 12.6. The van der Waals surface area contributed by atoms with Crippen molar-refractivity contribution < 1.29 is 24.5 Å². The highest BCUT2D eigenvalue weighted by atomic mass is 16.5. The molecule has 0 aromatic carbocycles. The topological polar surface area (TPSA) is 83.8 Å². The Kier molecular flexibility index (Phi) is 6.72. The number of carboxylic acids is 1. The van der Waals surface area contributed by atoms with Gasteiger partial charge in [0.2, 0.25) is 0 Å². The van der Waals surface area contributed by atoms with E-state index in [-0.39, 0.29) is 31.5 Å². The van der Waals surface area contributed by atoms with E-state index in [1.807, 2.05) is 13.8 Å². The lowest BCUT2D eigenvalue weighted by molar-refractivity contribution is -0.151. The van der Waals surface area contributed by atoms with Crippen LogP contribution in [0.1, 0.15) is 39.5 Å². The van der Waals surface area contributed by atoms with E-state index in [4.69, 9.17) is 9.84 Å². The first-order chi connectivity index (χ1) is 7.49. The number of carbonyl (C=O) groups excluding carboxylic acids is 1. The van der Waals surface area contributed by atoms with Crippen LogP contribution in [0.3, 0.4) is 0 Å². The Hall–Kier alpha value is -1.10. The summed E-state index contributed by atoms with van der Waals surface area (Å²) >= 11 is 0. The summed E-state index contributed by atoms with van der Waals surface area (Å²) in [5.41, 5.74) is -0.390. The fraction of sp³-hybridized carbons (Fsp3) is 0.818. The molecule has 0 aromatic heterocycles. The summed E-state index contributed by atoms with van der Waals surface area (Å²) in [6.07, 6.45) is 1.09. The number of rotatable bonds is 8. The average molecular weight is 232 g/mol. The summed E-state index contributed by atoms with van der Waals surface area (Å²) in [6, 6.07) is 0. The normalized spacial score (nSPS) is 11.2. The Morgan fingerprint density at radius 1 is 1.19 bits per heavy atom.